The average Bonchev–Trinajstić information content (AvgIpc) is 2.85. The van der Waals surface area contributed by atoms with Gasteiger partial charge in [0.05, 0.1) is 11.4 Å². The van der Waals surface area contributed by atoms with Gasteiger partial charge in [-0.2, -0.15) is 0 Å². The molecule has 2 rings (SSSR count). The van der Waals surface area contributed by atoms with Gasteiger partial charge in [-0.05, 0) is 17.5 Å². The van der Waals surface area contributed by atoms with Crippen molar-refractivity contribution in [3.63, 3.8) is 0 Å². The Bertz CT molecular complexity index is 515. The van der Waals surface area contributed by atoms with E-state index < -0.39 is 0 Å². The number of rotatable bonds is 3. The number of hydrogen-bond donors (Lipinski definition) is 3. The highest BCUT2D eigenvalue weighted by atomic mass is 32.1. The summed E-state index contributed by atoms with van der Waals surface area (Å²) in [5.41, 5.74) is 5.25. The smallest absolute Gasteiger partial charge is 0.261 e. The second-order valence-corrected chi connectivity index (χ2v) is 5.07. The van der Waals surface area contributed by atoms with E-state index in [1.54, 1.807) is 11.3 Å². The van der Waals surface area contributed by atoms with Crippen LogP contribution in [0.5, 0.6) is 0 Å². The Balaban J connectivity index is 2.07. The zero-order valence-corrected chi connectivity index (χ0v) is 9.77. The first kappa shape index (κ1) is 10.9. The van der Waals surface area contributed by atoms with E-state index in [4.69, 9.17) is 10.9 Å². The van der Waals surface area contributed by atoms with Crippen molar-refractivity contribution >= 4 is 43.8 Å². The van der Waals surface area contributed by atoms with Crippen molar-refractivity contribution in [3.8, 4) is 0 Å². The van der Waals surface area contributed by atoms with Crippen LogP contribution in [0.1, 0.15) is 9.67 Å². The molecule has 0 unspecified atom stereocenters. The zero-order valence-electron chi connectivity index (χ0n) is 8.14. The molecule has 7 heteroatoms. The first-order valence-electron chi connectivity index (χ1n) is 4.42. The van der Waals surface area contributed by atoms with Gasteiger partial charge in [-0.1, -0.05) is 5.16 Å². The van der Waals surface area contributed by atoms with E-state index in [2.05, 4.69) is 10.5 Å². The number of fused-ring (bicyclic) bond motifs is 1. The molecule has 1 amide bonds. The van der Waals surface area contributed by atoms with E-state index >= 15 is 0 Å². The quantitative estimate of drug-likeness (QED) is 0.335. The van der Waals surface area contributed by atoms with Gasteiger partial charge in [0.1, 0.15) is 0 Å². The number of hydrogen-bond acceptors (Lipinski definition) is 5. The van der Waals surface area contributed by atoms with Crippen molar-refractivity contribution in [1.82, 2.24) is 5.32 Å². The van der Waals surface area contributed by atoms with Crippen LogP contribution in [-0.2, 0) is 0 Å². The van der Waals surface area contributed by atoms with Gasteiger partial charge < -0.3 is 16.3 Å². The molecule has 0 radical (unpaired) electrons. The third kappa shape index (κ3) is 2.15. The lowest BCUT2D eigenvalue weighted by Gasteiger charge is -2.00. The second-order valence-electron chi connectivity index (χ2n) is 3.03. The summed E-state index contributed by atoms with van der Waals surface area (Å²) in [7, 11) is 0. The normalized spacial score (nSPS) is 11.9. The van der Waals surface area contributed by atoms with Crippen LogP contribution in [0.25, 0.3) is 9.40 Å². The van der Waals surface area contributed by atoms with Gasteiger partial charge in [-0.25, -0.2) is 0 Å². The molecular weight excluding hydrogens is 246 g/mol. The number of nitrogens with zero attached hydrogens (tertiary/aromatic N) is 1. The summed E-state index contributed by atoms with van der Waals surface area (Å²) in [5, 5.41) is 15.6. The lowest BCUT2D eigenvalue weighted by Crippen LogP contribution is -2.33. The van der Waals surface area contributed by atoms with Gasteiger partial charge in [0.15, 0.2) is 5.84 Å². The molecule has 0 aliphatic rings. The molecule has 0 aliphatic carbocycles. The molecule has 16 heavy (non-hydrogen) atoms. The van der Waals surface area contributed by atoms with E-state index in [9.17, 15) is 4.79 Å². The van der Waals surface area contributed by atoms with Gasteiger partial charge in [0.25, 0.3) is 5.91 Å². The largest absolute Gasteiger partial charge is 0.409 e. The highest BCUT2D eigenvalue weighted by Crippen LogP contribution is 2.29. The molecule has 0 spiro atoms. The maximum absolute atomic E-state index is 11.6. The lowest BCUT2D eigenvalue weighted by atomic mass is 10.4. The molecule has 4 N–H and O–H groups in total. The summed E-state index contributed by atoms with van der Waals surface area (Å²) in [4.78, 5) is 12.3. The first-order valence-corrected chi connectivity index (χ1v) is 6.12. The SMILES string of the molecule is N/C(CNC(=O)c1cc2sccc2s1)=N/O. The third-order valence-electron chi connectivity index (χ3n) is 1.92. The van der Waals surface area contributed by atoms with Gasteiger partial charge in [0.2, 0.25) is 0 Å². The minimum absolute atomic E-state index is 0.0216. The molecule has 2 aromatic rings. The monoisotopic (exact) mass is 255 g/mol. The van der Waals surface area contributed by atoms with Gasteiger partial charge in [0, 0.05) is 9.40 Å². The number of nitrogens with two attached hydrogens (primary N) is 1. The first-order chi connectivity index (χ1) is 7.70. The fourth-order valence-corrected chi connectivity index (χ4v) is 3.20. The number of carbonyl (C=O) groups is 1. The molecule has 2 aromatic heterocycles. The van der Waals surface area contributed by atoms with Crippen LogP contribution in [0.15, 0.2) is 22.7 Å². The van der Waals surface area contributed by atoms with Crippen molar-refractivity contribution in [1.29, 1.82) is 0 Å². The van der Waals surface area contributed by atoms with Gasteiger partial charge in [-0.15, -0.1) is 22.7 Å². The highest BCUT2D eigenvalue weighted by Gasteiger charge is 2.10. The Labute approximate surface area is 99.2 Å². The Morgan fingerprint density at radius 1 is 1.56 bits per heavy atom. The number of nitrogens with one attached hydrogen (secondary N) is 1. The maximum Gasteiger partial charge on any atom is 0.261 e. The fraction of sp³-hybridized carbons (Fsp3) is 0.111. The Morgan fingerprint density at radius 2 is 2.38 bits per heavy atom. The van der Waals surface area contributed by atoms with Crippen molar-refractivity contribution in [2.45, 2.75) is 0 Å². The summed E-state index contributed by atoms with van der Waals surface area (Å²) in [6.45, 7) is 0.0425. The molecule has 0 saturated heterocycles. The maximum atomic E-state index is 11.6. The minimum Gasteiger partial charge on any atom is -0.409 e. The van der Waals surface area contributed by atoms with Crippen LogP contribution in [0.3, 0.4) is 0 Å². The van der Waals surface area contributed by atoms with Crippen molar-refractivity contribution in [2.75, 3.05) is 6.54 Å². The van der Waals surface area contributed by atoms with E-state index in [0.717, 1.165) is 9.40 Å². The predicted molar refractivity (Wildman–Crippen MR) is 65.4 cm³/mol. The van der Waals surface area contributed by atoms with Crippen LogP contribution in [0, 0.1) is 0 Å². The van der Waals surface area contributed by atoms with Crippen molar-refractivity contribution in [2.24, 2.45) is 10.9 Å². The summed E-state index contributed by atoms with van der Waals surface area (Å²) >= 11 is 3.02. The molecule has 2 heterocycles. The van der Waals surface area contributed by atoms with Crippen LogP contribution < -0.4 is 11.1 Å². The zero-order chi connectivity index (χ0) is 11.5. The molecule has 0 aliphatic heterocycles. The molecule has 0 saturated carbocycles. The second kappa shape index (κ2) is 4.50. The van der Waals surface area contributed by atoms with Crippen LogP contribution in [0.4, 0.5) is 0 Å². The molecule has 0 aromatic carbocycles. The van der Waals surface area contributed by atoms with E-state index in [0.29, 0.717) is 4.88 Å². The van der Waals surface area contributed by atoms with E-state index in [1.807, 2.05) is 17.5 Å². The van der Waals surface area contributed by atoms with Crippen LogP contribution >= 0.6 is 22.7 Å². The fourth-order valence-electron chi connectivity index (χ4n) is 1.17. The molecular formula is C9H9N3O2S2. The predicted octanol–water partition coefficient (Wildman–Crippen LogP) is 1.44. The summed E-state index contributed by atoms with van der Waals surface area (Å²) in [6, 6.07) is 3.82. The van der Waals surface area contributed by atoms with Crippen molar-refractivity contribution < 1.29 is 10.0 Å². The van der Waals surface area contributed by atoms with Crippen LogP contribution in [0.2, 0.25) is 0 Å². The summed E-state index contributed by atoms with van der Waals surface area (Å²) in [5.74, 6) is -0.230. The van der Waals surface area contributed by atoms with Crippen molar-refractivity contribution in [3.05, 3.63) is 22.4 Å². The molecule has 0 atom stereocenters. The molecule has 5 nitrogen and oxygen atoms in total. The van der Waals surface area contributed by atoms with E-state index in [-0.39, 0.29) is 18.3 Å². The van der Waals surface area contributed by atoms with Gasteiger partial charge in [-0.3, -0.25) is 4.79 Å². The lowest BCUT2D eigenvalue weighted by molar-refractivity contribution is 0.0963. The number of thiophene rings is 2. The topological polar surface area (TPSA) is 87.7 Å². The molecule has 0 bridgehead atoms. The van der Waals surface area contributed by atoms with Gasteiger partial charge >= 0.3 is 0 Å². The van der Waals surface area contributed by atoms with E-state index in [1.165, 1.54) is 11.3 Å². The Morgan fingerprint density at radius 3 is 3.06 bits per heavy atom. The Kier molecular flexibility index (Phi) is 3.07. The minimum atomic E-state index is -0.208. The summed E-state index contributed by atoms with van der Waals surface area (Å²) in [6.07, 6.45) is 0. The highest BCUT2D eigenvalue weighted by molar-refractivity contribution is 7.27. The molecule has 0 fully saturated rings. The number of carbonyl (C=O) groups excluding carboxylic acids is 1. The number of amides is 1. The Hall–Kier alpha value is -1.60. The number of amidine groups is 1. The average molecular weight is 255 g/mol. The van der Waals surface area contributed by atoms with Crippen LogP contribution in [-0.4, -0.2) is 23.5 Å². The standard InChI is InChI=1S/C9H9N3O2S2/c10-8(12-14)4-11-9(13)7-3-6-5(16-7)1-2-15-6/h1-3,14H,4H2,(H2,10,12)(H,11,13). The number of oxime groups is 1. The third-order valence-corrected chi connectivity index (χ3v) is 4.01. The molecule has 84 valence electrons. The summed E-state index contributed by atoms with van der Waals surface area (Å²) < 4.78 is 2.19.